The lowest BCUT2D eigenvalue weighted by molar-refractivity contribution is 1.28. The second-order valence-electron chi connectivity index (χ2n) is 1.66. The Bertz CT molecular complexity index is 220. The molecule has 1 heterocycles. The summed E-state index contributed by atoms with van der Waals surface area (Å²) in [4.78, 5) is 3.95. The van der Waals surface area contributed by atoms with E-state index in [1.807, 2.05) is 6.26 Å². The molecule has 0 spiro atoms. The number of aromatic nitrogens is 1. The van der Waals surface area contributed by atoms with Crippen molar-refractivity contribution >= 4 is 16.8 Å². The Morgan fingerprint density at radius 1 is 1.80 bits per heavy atom. The summed E-state index contributed by atoms with van der Waals surface area (Å²) in [6.07, 6.45) is 3.52. The van der Waals surface area contributed by atoms with Gasteiger partial charge in [-0.25, -0.2) is 0 Å². The second-order valence-corrected chi connectivity index (χ2v) is 2.48. The molecule has 1 aromatic rings. The van der Waals surface area contributed by atoms with Crippen molar-refractivity contribution in [3.8, 4) is 0 Å². The van der Waals surface area contributed by atoms with Crippen molar-refractivity contribution in [3.05, 3.63) is 30.1 Å². The van der Waals surface area contributed by atoms with E-state index >= 15 is 0 Å². The molecular weight excluding hydrogens is 144 g/mol. The highest BCUT2D eigenvalue weighted by Crippen LogP contribution is 2.03. The van der Waals surface area contributed by atoms with Crippen molar-refractivity contribution in [3.63, 3.8) is 0 Å². The Kier molecular flexibility index (Phi) is 2.45. The largest absolute Gasteiger partial charge is 0.292 e. The molecule has 1 aromatic heterocycles. The average molecular weight is 151 g/mol. The van der Waals surface area contributed by atoms with E-state index in [4.69, 9.17) is 5.41 Å². The number of thioether (sulfide) groups is 1. The van der Waals surface area contributed by atoms with Crippen molar-refractivity contribution in [2.75, 3.05) is 6.26 Å². The molecule has 1 rings (SSSR count). The van der Waals surface area contributed by atoms with Crippen LogP contribution in [-0.4, -0.2) is 16.3 Å². The fraction of sp³-hybridized carbons (Fsp3) is 0.143. The summed E-state index contributed by atoms with van der Waals surface area (Å²) in [5.41, 5.74) is 0.620. The Hall–Kier alpha value is -0.830. The molecule has 0 aliphatic rings. The van der Waals surface area contributed by atoms with Crippen molar-refractivity contribution in [2.45, 2.75) is 0 Å². The molecule has 0 amide bonds. The summed E-state index contributed by atoms with van der Waals surface area (Å²) >= 11 is 1.37. The van der Waals surface area contributed by atoms with Gasteiger partial charge in [-0.3, -0.25) is 10.4 Å². The van der Waals surface area contributed by atoms with Gasteiger partial charge >= 0.3 is 0 Å². The van der Waals surface area contributed by atoms with Gasteiger partial charge < -0.3 is 0 Å². The molecule has 10 heavy (non-hydrogen) atoms. The predicted octanol–water partition coefficient (Wildman–Crippen LogP) is 1.57. The van der Waals surface area contributed by atoms with Crippen LogP contribution in [0.15, 0.2) is 18.3 Å². The van der Waals surface area contributed by atoms with E-state index in [0.717, 1.165) is 0 Å². The monoisotopic (exact) mass is 151 g/mol. The lowest BCUT2D eigenvalue weighted by Crippen LogP contribution is -1.94. The van der Waals surface area contributed by atoms with Gasteiger partial charge in [0.05, 0.1) is 0 Å². The van der Waals surface area contributed by atoms with E-state index in [1.54, 1.807) is 18.3 Å². The summed E-state index contributed by atoms with van der Waals surface area (Å²) < 4.78 is 0. The van der Waals surface area contributed by atoms with Crippen LogP contribution in [0.4, 0.5) is 0 Å². The van der Waals surface area contributed by atoms with E-state index in [-0.39, 0.29) is 0 Å². The second kappa shape index (κ2) is 3.37. The van der Waals surface area contributed by atoms with Gasteiger partial charge in [0.2, 0.25) is 0 Å². The summed E-state index contributed by atoms with van der Waals surface area (Å²) in [7, 11) is 0. The van der Waals surface area contributed by atoms with Crippen LogP contribution in [0.5, 0.6) is 0 Å². The predicted molar refractivity (Wildman–Crippen MR) is 43.4 cm³/mol. The highest BCUT2D eigenvalue weighted by molar-refractivity contribution is 8.13. The van der Waals surface area contributed by atoms with E-state index < -0.39 is 0 Å². The highest BCUT2D eigenvalue weighted by Gasteiger charge is 1.97. The van der Waals surface area contributed by atoms with Crippen LogP contribution in [0.1, 0.15) is 5.69 Å². The zero-order valence-electron chi connectivity index (χ0n) is 5.59. The van der Waals surface area contributed by atoms with Gasteiger partial charge in [-0.1, -0.05) is 6.07 Å². The normalized spacial score (nSPS) is 9.30. The third-order valence-electron chi connectivity index (χ3n) is 1.03. The SMILES string of the molecule is CSC(=N)c1[c]cccn1. The van der Waals surface area contributed by atoms with Crippen molar-refractivity contribution < 1.29 is 0 Å². The first-order chi connectivity index (χ1) is 4.84. The molecule has 0 bridgehead atoms. The van der Waals surface area contributed by atoms with E-state index in [1.165, 1.54) is 11.8 Å². The van der Waals surface area contributed by atoms with Gasteiger partial charge in [-0.15, -0.1) is 11.8 Å². The summed E-state index contributed by atoms with van der Waals surface area (Å²) in [6.45, 7) is 0. The first-order valence-electron chi connectivity index (χ1n) is 2.80. The minimum atomic E-state index is 0.459. The van der Waals surface area contributed by atoms with Gasteiger partial charge in [0, 0.05) is 12.3 Å². The quantitative estimate of drug-likeness (QED) is 0.488. The Morgan fingerprint density at radius 3 is 3.10 bits per heavy atom. The standard InChI is InChI=1S/C7H7N2S/c1-10-7(8)6-4-2-3-5-9-6/h2-3,5,8H,1H3. The number of rotatable bonds is 1. The minimum absolute atomic E-state index is 0.459. The molecule has 0 fully saturated rings. The maximum absolute atomic E-state index is 7.35. The van der Waals surface area contributed by atoms with Crippen LogP contribution >= 0.6 is 11.8 Å². The molecule has 0 aliphatic carbocycles. The molecule has 0 atom stereocenters. The van der Waals surface area contributed by atoms with E-state index in [9.17, 15) is 0 Å². The Labute approximate surface area is 64.2 Å². The van der Waals surface area contributed by atoms with Crippen molar-refractivity contribution in [1.29, 1.82) is 5.41 Å². The van der Waals surface area contributed by atoms with Crippen molar-refractivity contribution in [1.82, 2.24) is 4.98 Å². The van der Waals surface area contributed by atoms with Crippen LogP contribution in [0.2, 0.25) is 0 Å². The topological polar surface area (TPSA) is 36.7 Å². The number of nitrogens with one attached hydrogen (secondary N) is 1. The highest BCUT2D eigenvalue weighted by atomic mass is 32.2. The fourth-order valence-electron chi connectivity index (χ4n) is 0.546. The summed E-state index contributed by atoms with van der Waals surface area (Å²) in [5, 5.41) is 7.81. The zero-order valence-corrected chi connectivity index (χ0v) is 6.40. The lowest BCUT2D eigenvalue weighted by atomic mass is 10.4. The molecule has 2 nitrogen and oxygen atoms in total. The van der Waals surface area contributed by atoms with E-state index in [0.29, 0.717) is 10.7 Å². The fourth-order valence-corrected chi connectivity index (χ4v) is 0.851. The molecule has 0 unspecified atom stereocenters. The molecule has 1 N–H and O–H groups in total. The maximum atomic E-state index is 7.35. The van der Waals surface area contributed by atoms with Crippen LogP contribution in [0.3, 0.4) is 0 Å². The number of nitrogens with zero attached hydrogens (tertiary/aromatic N) is 1. The van der Waals surface area contributed by atoms with Crippen molar-refractivity contribution in [2.24, 2.45) is 0 Å². The molecule has 0 saturated carbocycles. The van der Waals surface area contributed by atoms with Crippen LogP contribution < -0.4 is 0 Å². The molecule has 0 aliphatic heterocycles. The first kappa shape index (κ1) is 7.28. The molecule has 1 radical (unpaired) electrons. The van der Waals surface area contributed by atoms with E-state index in [2.05, 4.69) is 11.1 Å². The summed E-state index contributed by atoms with van der Waals surface area (Å²) in [6, 6.07) is 6.41. The van der Waals surface area contributed by atoms with Crippen LogP contribution in [-0.2, 0) is 0 Å². The molecule has 0 aromatic carbocycles. The number of hydrogen-bond acceptors (Lipinski definition) is 3. The molecule has 3 heteroatoms. The molecule has 0 saturated heterocycles. The molecule has 51 valence electrons. The third kappa shape index (κ3) is 1.57. The Morgan fingerprint density at radius 2 is 2.60 bits per heavy atom. The first-order valence-corrected chi connectivity index (χ1v) is 4.02. The number of pyridine rings is 1. The number of hydrogen-bond donors (Lipinski definition) is 1. The van der Waals surface area contributed by atoms with Gasteiger partial charge in [0.15, 0.2) is 0 Å². The maximum Gasteiger partial charge on any atom is 0.113 e. The average Bonchev–Trinajstić information content (AvgIpc) is 2.05. The zero-order chi connectivity index (χ0) is 7.40. The van der Waals surface area contributed by atoms with Gasteiger partial charge in [0.1, 0.15) is 10.7 Å². The minimum Gasteiger partial charge on any atom is -0.292 e. The van der Waals surface area contributed by atoms with Gasteiger partial charge in [-0.05, 0) is 12.3 Å². The van der Waals surface area contributed by atoms with Crippen LogP contribution in [0.25, 0.3) is 0 Å². The van der Waals surface area contributed by atoms with Gasteiger partial charge in [0.25, 0.3) is 0 Å². The third-order valence-corrected chi connectivity index (χ3v) is 1.63. The lowest BCUT2D eigenvalue weighted by Gasteiger charge is -1.94. The van der Waals surface area contributed by atoms with Gasteiger partial charge in [-0.2, -0.15) is 0 Å². The van der Waals surface area contributed by atoms with Crippen LogP contribution in [0, 0.1) is 11.5 Å². The Balaban J connectivity index is 2.85. The smallest absolute Gasteiger partial charge is 0.113 e. The summed E-state index contributed by atoms with van der Waals surface area (Å²) in [5.74, 6) is 0. The molecular formula is C7H7N2S.